The normalized spacial score (nSPS) is 19.2. The molecule has 0 aromatic heterocycles. The molecule has 78 valence electrons. The zero-order valence-corrected chi connectivity index (χ0v) is 8.68. The molecule has 1 aliphatic rings. The molecule has 0 bridgehead atoms. The molecule has 0 amide bonds. The molecule has 0 radical (unpaired) electrons. The minimum absolute atomic E-state index is 0.718. The second-order valence-electron chi connectivity index (χ2n) is 3.67. The number of methoxy groups -OCH3 is 1. The molecule has 0 atom stereocenters. The standard InChI is InChI=1S/C10H21NO2/c1-12-9-10-13-8-7-11-5-3-2-4-6-11/h2-10H2,1H3/p+1. The summed E-state index contributed by atoms with van der Waals surface area (Å²) in [6.07, 6.45) is 4.22. The minimum atomic E-state index is 0.718. The average Bonchev–Trinajstić information content (AvgIpc) is 2.19. The van der Waals surface area contributed by atoms with Gasteiger partial charge in [-0.05, 0) is 19.3 Å². The van der Waals surface area contributed by atoms with Crippen molar-refractivity contribution >= 4 is 0 Å². The van der Waals surface area contributed by atoms with E-state index in [9.17, 15) is 0 Å². The first kappa shape index (κ1) is 11.0. The zero-order chi connectivity index (χ0) is 9.36. The molecular weight excluding hydrogens is 166 g/mol. The second-order valence-corrected chi connectivity index (χ2v) is 3.67. The number of piperidine rings is 1. The molecule has 1 heterocycles. The molecule has 0 aromatic carbocycles. The lowest BCUT2D eigenvalue weighted by atomic mass is 10.1. The van der Waals surface area contributed by atoms with Crippen LogP contribution in [-0.4, -0.2) is 46.6 Å². The molecule has 13 heavy (non-hydrogen) atoms. The molecule has 1 N–H and O–H groups in total. The van der Waals surface area contributed by atoms with Gasteiger partial charge in [0.1, 0.15) is 6.54 Å². The third kappa shape index (κ3) is 5.24. The van der Waals surface area contributed by atoms with Crippen LogP contribution >= 0.6 is 0 Å². The Hall–Kier alpha value is -0.120. The fourth-order valence-corrected chi connectivity index (χ4v) is 1.76. The highest BCUT2D eigenvalue weighted by Crippen LogP contribution is 1.93. The van der Waals surface area contributed by atoms with Gasteiger partial charge in [-0.1, -0.05) is 0 Å². The van der Waals surface area contributed by atoms with Gasteiger partial charge in [0.25, 0.3) is 0 Å². The van der Waals surface area contributed by atoms with Gasteiger partial charge in [-0.15, -0.1) is 0 Å². The summed E-state index contributed by atoms with van der Waals surface area (Å²) in [5, 5.41) is 0. The van der Waals surface area contributed by atoms with Gasteiger partial charge in [-0.3, -0.25) is 0 Å². The van der Waals surface area contributed by atoms with E-state index in [0.717, 1.165) is 19.8 Å². The van der Waals surface area contributed by atoms with Crippen molar-refractivity contribution in [1.29, 1.82) is 0 Å². The van der Waals surface area contributed by atoms with Crippen molar-refractivity contribution in [3.05, 3.63) is 0 Å². The molecule has 0 aromatic rings. The van der Waals surface area contributed by atoms with Crippen LogP contribution in [0.1, 0.15) is 19.3 Å². The maximum absolute atomic E-state index is 5.43. The van der Waals surface area contributed by atoms with Gasteiger partial charge in [0.05, 0.1) is 32.9 Å². The number of rotatable bonds is 6. The van der Waals surface area contributed by atoms with Crippen molar-refractivity contribution in [2.24, 2.45) is 0 Å². The number of ether oxygens (including phenoxy) is 2. The van der Waals surface area contributed by atoms with E-state index < -0.39 is 0 Å². The van der Waals surface area contributed by atoms with Crippen molar-refractivity contribution in [1.82, 2.24) is 0 Å². The third-order valence-electron chi connectivity index (χ3n) is 2.59. The van der Waals surface area contributed by atoms with Gasteiger partial charge in [0.2, 0.25) is 0 Å². The number of hydrogen-bond acceptors (Lipinski definition) is 2. The Labute approximate surface area is 81.0 Å². The number of quaternary nitrogens is 1. The van der Waals surface area contributed by atoms with Crippen LogP contribution < -0.4 is 4.90 Å². The van der Waals surface area contributed by atoms with Crippen LogP contribution in [0.4, 0.5) is 0 Å². The first-order valence-electron chi connectivity index (χ1n) is 5.33. The largest absolute Gasteiger partial charge is 0.382 e. The van der Waals surface area contributed by atoms with Gasteiger partial charge in [0.15, 0.2) is 0 Å². The summed E-state index contributed by atoms with van der Waals surface area (Å²) >= 11 is 0. The van der Waals surface area contributed by atoms with Crippen LogP contribution in [0.15, 0.2) is 0 Å². The average molecular weight is 188 g/mol. The highest BCUT2D eigenvalue weighted by Gasteiger charge is 2.12. The van der Waals surface area contributed by atoms with Gasteiger partial charge < -0.3 is 14.4 Å². The summed E-state index contributed by atoms with van der Waals surface area (Å²) in [6, 6.07) is 0. The van der Waals surface area contributed by atoms with Crippen LogP contribution in [0.2, 0.25) is 0 Å². The molecule has 3 heteroatoms. The monoisotopic (exact) mass is 188 g/mol. The summed E-state index contributed by atoms with van der Waals surface area (Å²) in [4.78, 5) is 1.71. The molecule has 1 aliphatic heterocycles. The topological polar surface area (TPSA) is 22.9 Å². The first-order valence-corrected chi connectivity index (χ1v) is 5.33. The Balaban J connectivity index is 1.86. The lowest BCUT2D eigenvalue weighted by molar-refractivity contribution is -0.905. The SMILES string of the molecule is COCCOCC[NH+]1CCCCC1. The minimum Gasteiger partial charge on any atom is -0.382 e. The highest BCUT2D eigenvalue weighted by atomic mass is 16.5. The molecule has 0 unspecified atom stereocenters. The van der Waals surface area contributed by atoms with E-state index >= 15 is 0 Å². The van der Waals surface area contributed by atoms with Crippen LogP contribution in [0, 0.1) is 0 Å². The van der Waals surface area contributed by atoms with Crippen LogP contribution in [-0.2, 0) is 9.47 Å². The molecular formula is C10H22NO2+. The van der Waals surface area contributed by atoms with Crippen molar-refractivity contribution in [3.8, 4) is 0 Å². The summed E-state index contributed by atoms with van der Waals surface area (Å²) < 4.78 is 10.3. The van der Waals surface area contributed by atoms with Crippen molar-refractivity contribution in [2.45, 2.75) is 19.3 Å². The maximum Gasteiger partial charge on any atom is 0.101 e. The predicted octanol–water partition coefficient (Wildman–Crippen LogP) is -0.282. The van der Waals surface area contributed by atoms with E-state index in [1.165, 1.54) is 38.9 Å². The predicted molar refractivity (Wildman–Crippen MR) is 52.1 cm³/mol. The Kier molecular flexibility index (Phi) is 6.15. The second kappa shape index (κ2) is 7.30. The van der Waals surface area contributed by atoms with Crippen molar-refractivity contribution < 1.29 is 14.4 Å². The lowest BCUT2D eigenvalue weighted by Gasteiger charge is -2.23. The molecule has 1 saturated heterocycles. The fourth-order valence-electron chi connectivity index (χ4n) is 1.76. The maximum atomic E-state index is 5.43. The highest BCUT2D eigenvalue weighted by molar-refractivity contribution is 4.45. The van der Waals surface area contributed by atoms with Gasteiger partial charge >= 0.3 is 0 Å². The van der Waals surface area contributed by atoms with E-state index in [0.29, 0.717) is 0 Å². The quantitative estimate of drug-likeness (QED) is 0.579. The third-order valence-corrected chi connectivity index (χ3v) is 2.59. The van der Waals surface area contributed by atoms with E-state index in [1.807, 2.05) is 0 Å². The van der Waals surface area contributed by atoms with Crippen molar-refractivity contribution in [3.63, 3.8) is 0 Å². The molecule has 0 aliphatic carbocycles. The Bertz CT molecular complexity index is 113. The molecule has 3 nitrogen and oxygen atoms in total. The van der Waals surface area contributed by atoms with Gasteiger partial charge in [0, 0.05) is 7.11 Å². The lowest BCUT2D eigenvalue weighted by Crippen LogP contribution is -3.13. The summed E-state index contributed by atoms with van der Waals surface area (Å²) in [7, 11) is 1.71. The Morgan fingerprint density at radius 3 is 2.46 bits per heavy atom. The zero-order valence-electron chi connectivity index (χ0n) is 8.68. The smallest absolute Gasteiger partial charge is 0.101 e. The fraction of sp³-hybridized carbons (Fsp3) is 1.00. The molecule has 1 rings (SSSR count). The Morgan fingerprint density at radius 1 is 1.00 bits per heavy atom. The summed E-state index contributed by atoms with van der Waals surface area (Å²) in [5.74, 6) is 0. The summed E-state index contributed by atoms with van der Waals surface area (Å²) in [5.41, 5.74) is 0. The molecule has 0 saturated carbocycles. The van der Waals surface area contributed by atoms with E-state index in [1.54, 1.807) is 12.0 Å². The van der Waals surface area contributed by atoms with E-state index in [4.69, 9.17) is 9.47 Å². The summed E-state index contributed by atoms with van der Waals surface area (Å²) in [6.45, 7) is 6.20. The van der Waals surface area contributed by atoms with Crippen molar-refractivity contribution in [2.75, 3.05) is 46.6 Å². The van der Waals surface area contributed by atoms with Crippen LogP contribution in [0.25, 0.3) is 0 Å². The van der Waals surface area contributed by atoms with Crippen LogP contribution in [0.3, 0.4) is 0 Å². The number of likely N-dealkylation sites (tertiary alicyclic amines) is 1. The van der Waals surface area contributed by atoms with E-state index in [-0.39, 0.29) is 0 Å². The van der Waals surface area contributed by atoms with E-state index in [2.05, 4.69) is 0 Å². The van der Waals surface area contributed by atoms with Gasteiger partial charge in [-0.2, -0.15) is 0 Å². The molecule has 0 spiro atoms. The Morgan fingerprint density at radius 2 is 1.77 bits per heavy atom. The van der Waals surface area contributed by atoms with Crippen LogP contribution in [0.5, 0.6) is 0 Å². The first-order chi connectivity index (χ1) is 6.43. The molecule has 1 fully saturated rings. The number of hydrogen-bond donors (Lipinski definition) is 1. The number of nitrogens with one attached hydrogen (secondary N) is 1. The van der Waals surface area contributed by atoms with Gasteiger partial charge in [-0.25, -0.2) is 0 Å².